The first-order chi connectivity index (χ1) is 7.48. The molecular weight excluding hydrogens is 281 g/mol. The molecule has 2 rings (SSSR count). The second-order valence-electron chi connectivity index (χ2n) is 5.57. The van der Waals surface area contributed by atoms with Gasteiger partial charge in [0.15, 0.2) is 0 Å². The van der Waals surface area contributed by atoms with Crippen LogP contribution in [0.1, 0.15) is 39.7 Å². The molecule has 1 aliphatic carbocycles. The minimum Gasteiger partial charge on any atom is -0.147 e. The van der Waals surface area contributed by atoms with Gasteiger partial charge < -0.3 is 0 Å². The Bertz CT molecular complexity index is 444. The van der Waals surface area contributed by atoms with E-state index in [0.717, 1.165) is 6.42 Å². The van der Waals surface area contributed by atoms with Crippen LogP contribution in [0.5, 0.6) is 0 Å². The van der Waals surface area contributed by atoms with E-state index in [1.54, 1.807) is 0 Å². The summed E-state index contributed by atoms with van der Waals surface area (Å²) in [6, 6.07) is 11.5. The maximum absolute atomic E-state index is 3.31. The van der Waals surface area contributed by atoms with Gasteiger partial charge in [0.2, 0.25) is 0 Å². The van der Waals surface area contributed by atoms with Gasteiger partial charge in [-0.25, -0.2) is 0 Å². The van der Waals surface area contributed by atoms with Crippen molar-refractivity contribution in [1.29, 1.82) is 0 Å². The van der Waals surface area contributed by atoms with Gasteiger partial charge in [-0.2, -0.15) is 0 Å². The monoisotopic (exact) mass is 300 g/mol. The van der Waals surface area contributed by atoms with Crippen molar-refractivity contribution in [1.82, 2.24) is 0 Å². The molecule has 1 aromatic carbocycles. The van der Waals surface area contributed by atoms with E-state index in [1.807, 2.05) is 12.1 Å². The van der Waals surface area contributed by atoms with Gasteiger partial charge in [0, 0.05) is 32.7 Å². The van der Waals surface area contributed by atoms with Crippen molar-refractivity contribution >= 4 is 5.57 Å². The Morgan fingerprint density at radius 1 is 1.18 bits per heavy atom. The molecule has 0 saturated carbocycles. The van der Waals surface area contributed by atoms with Crippen molar-refractivity contribution in [2.75, 3.05) is 0 Å². The molecular formula is C16H19Y-. The van der Waals surface area contributed by atoms with Crippen molar-refractivity contribution < 1.29 is 32.7 Å². The van der Waals surface area contributed by atoms with Crippen LogP contribution >= 0.6 is 0 Å². The molecule has 0 saturated heterocycles. The summed E-state index contributed by atoms with van der Waals surface area (Å²) in [7, 11) is 0. The van der Waals surface area contributed by atoms with E-state index in [0.29, 0.717) is 0 Å². The van der Waals surface area contributed by atoms with Crippen molar-refractivity contribution in [3.63, 3.8) is 0 Å². The molecule has 0 aromatic heterocycles. The van der Waals surface area contributed by atoms with Crippen LogP contribution in [-0.2, 0) is 32.7 Å². The summed E-state index contributed by atoms with van der Waals surface area (Å²) in [6.07, 6.45) is 3.46. The molecule has 0 N–H and O–H groups in total. The number of allylic oxidation sites excluding steroid dienone is 4. The normalized spacial score (nSPS) is 15.6. The zero-order valence-electron chi connectivity index (χ0n) is 11.2. The molecule has 0 unspecified atom stereocenters. The molecule has 0 bridgehead atoms. The summed E-state index contributed by atoms with van der Waals surface area (Å²) in [5, 5.41) is 0. The van der Waals surface area contributed by atoms with Crippen molar-refractivity contribution in [3.05, 3.63) is 53.1 Å². The summed E-state index contributed by atoms with van der Waals surface area (Å²) >= 11 is 0. The fourth-order valence-corrected chi connectivity index (χ4v) is 2.08. The number of hydrogen-bond donors (Lipinski definition) is 0. The first-order valence-electron chi connectivity index (χ1n) is 5.86. The average Bonchev–Trinajstić information content (AvgIpc) is 2.61. The molecule has 0 heterocycles. The van der Waals surface area contributed by atoms with E-state index in [9.17, 15) is 0 Å². The minimum atomic E-state index is 0. The van der Waals surface area contributed by atoms with Gasteiger partial charge in [0.05, 0.1) is 0 Å². The van der Waals surface area contributed by atoms with Crippen LogP contribution in [0.3, 0.4) is 0 Å². The average molecular weight is 300 g/mol. The van der Waals surface area contributed by atoms with Gasteiger partial charge in [0.25, 0.3) is 0 Å². The summed E-state index contributed by atoms with van der Waals surface area (Å²) in [4.78, 5) is 0. The molecule has 0 spiro atoms. The predicted octanol–water partition coefficient (Wildman–Crippen LogP) is 4.63. The van der Waals surface area contributed by atoms with E-state index in [1.165, 1.54) is 22.3 Å². The van der Waals surface area contributed by atoms with Gasteiger partial charge in [0.1, 0.15) is 0 Å². The third-order valence-electron chi connectivity index (χ3n) is 3.20. The number of benzene rings is 1. The molecule has 1 aliphatic rings. The van der Waals surface area contributed by atoms with Crippen LogP contribution in [0.25, 0.3) is 5.57 Å². The third-order valence-corrected chi connectivity index (χ3v) is 3.20. The summed E-state index contributed by atoms with van der Waals surface area (Å²) in [6.45, 7) is 9.07. The zero-order valence-corrected chi connectivity index (χ0v) is 14.0. The first-order valence-corrected chi connectivity index (χ1v) is 5.86. The maximum atomic E-state index is 3.31. The van der Waals surface area contributed by atoms with Crippen LogP contribution in [0.2, 0.25) is 0 Å². The maximum Gasteiger partial charge on any atom is 0 e. The van der Waals surface area contributed by atoms with Gasteiger partial charge in [-0.1, -0.05) is 39.3 Å². The van der Waals surface area contributed by atoms with Gasteiger partial charge in [-0.3, -0.25) is 0 Å². The van der Waals surface area contributed by atoms with Gasteiger partial charge in [-0.05, 0) is 11.8 Å². The van der Waals surface area contributed by atoms with E-state index in [2.05, 4.69) is 52.0 Å². The molecule has 0 amide bonds. The van der Waals surface area contributed by atoms with Gasteiger partial charge >= 0.3 is 0 Å². The standard InChI is InChI=1S/C16H19.Y/c1-12-10-14(16(2,3)4)11-15(12)13-8-6-5-7-9-13;/h5-8,11H,10H2,1-4H3;/q-1;. The largest absolute Gasteiger partial charge is 0.147 e. The quantitative estimate of drug-likeness (QED) is 0.663. The first kappa shape index (κ1) is 14.9. The number of rotatable bonds is 1. The van der Waals surface area contributed by atoms with Crippen molar-refractivity contribution in [2.45, 2.75) is 34.1 Å². The fraction of sp³-hybridized carbons (Fsp3) is 0.375. The van der Waals surface area contributed by atoms with Crippen LogP contribution < -0.4 is 0 Å². The SMILES string of the molecule is CC1=C(c2[c-]cccc2)C=C(C(C)(C)C)C1.[Y]. The molecule has 1 aromatic rings. The second kappa shape index (κ2) is 5.63. The van der Waals surface area contributed by atoms with E-state index < -0.39 is 0 Å². The Balaban J connectivity index is 0.00000144. The van der Waals surface area contributed by atoms with Crippen LogP contribution in [0.15, 0.2) is 41.5 Å². The summed E-state index contributed by atoms with van der Waals surface area (Å²) in [5.41, 5.74) is 5.85. The Morgan fingerprint density at radius 3 is 2.35 bits per heavy atom. The van der Waals surface area contributed by atoms with Crippen LogP contribution in [0.4, 0.5) is 0 Å². The molecule has 0 aliphatic heterocycles. The molecule has 1 radical (unpaired) electrons. The van der Waals surface area contributed by atoms with Crippen molar-refractivity contribution in [3.8, 4) is 0 Å². The van der Waals surface area contributed by atoms with Crippen molar-refractivity contribution in [2.24, 2.45) is 5.41 Å². The van der Waals surface area contributed by atoms with Crippen LogP contribution in [0, 0.1) is 11.5 Å². The topological polar surface area (TPSA) is 0 Å². The Morgan fingerprint density at radius 2 is 1.88 bits per heavy atom. The minimum absolute atomic E-state index is 0. The zero-order chi connectivity index (χ0) is 11.8. The van der Waals surface area contributed by atoms with Gasteiger partial charge in [-0.15, -0.1) is 47.0 Å². The van der Waals surface area contributed by atoms with E-state index >= 15 is 0 Å². The molecule has 0 nitrogen and oxygen atoms in total. The molecule has 1 heteroatoms. The Labute approximate surface area is 130 Å². The Hall–Kier alpha value is -0.196. The Kier molecular flexibility index (Phi) is 4.92. The molecule has 0 fully saturated rings. The predicted molar refractivity (Wildman–Crippen MR) is 70.0 cm³/mol. The van der Waals surface area contributed by atoms with E-state index in [-0.39, 0.29) is 38.1 Å². The van der Waals surface area contributed by atoms with Crippen LogP contribution in [-0.4, -0.2) is 0 Å². The molecule has 87 valence electrons. The smallest absolute Gasteiger partial charge is 0 e. The second-order valence-corrected chi connectivity index (χ2v) is 5.57. The molecule has 0 atom stereocenters. The summed E-state index contributed by atoms with van der Waals surface area (Å²) in [5.74, 6) is 0. The summed E-state index contributed by atoms with van der Waals surface area (Å²) < 4.78 is 0. The molecule has 17 heavy (non-hydrogen) atoms. The fourth-order valence-electron chi connectivity index (χ4n) is 2.08. The third kappa shape index (κ3) is 3.39. The van der Waals surface area contributed by atoms with E-state index in [4.69, 9.17) is 0 Å². The number of hydrogen-bond acceptors (Lipinski definition) is 0.